The van der Waals surface area contributed by atoms with Gasteiger partial charge in [-0.05, 0) is 30.9 Å². The predicted octanol–water partition coefficient (Wildman–Crippen LogP) is 2.74. The number of carbonyl (C=O) groups excluding carboxylic acids is 2. The maximum Gasteiger partial charge on any atom is 0.252 e. The van der Waals surface area contributed by atoms with Gasteiger partial charge in [0.05, 0.1) is 5.56 Å². The molecule has 2 rings (SSSR count). The van der Waals surface area contributed by atoms with Crippen molar-refractivity contribution in [2.45, 2.75) is 44.0 Å². The van der Waals surface area contributed by atoms with E-state index in [1.54, 1.807) is 6.07 Å². The second-order valence-corrected chi connectivity index (χ2v) is 6.73. The first-order valence-corrected chi connectivity index (χ1v) is 8.28. The van der Waals surface area contributed by atoms with E-state index >= 15 is 0 Å². The molecule has 1 aliphatic heterocycles. The lowest BCUT2D eigenvalue weighted by molar-refractivity contribution is -0.133. The van der Waals surface area contributed by atoms with Gasteiger partial charge in [-0.15, -0.1) is 12.6 Å². The van der Waals surface area contributed by atoms with E-state index in [2.05, 4.69) is 31.8 Å². The highest BCUT2D eigenvalue weighted by Gasteiger charge is 2.24. The van der Waals surface area contributed by atoms with Crippen LogP contribution < -0.4 is 5.32 Å². The van der Waals surface area contributed by atoms with Crippen LogP contribution in [-0.4, -0.2) is 35.8 Å². The van der Waals surface area contributed by atoms with Crippen molar-refractivity contribution in [3.8, 4) is 0 Å². The number of amides is 2. The molecule has 1 heterocycles. The molecule has 0 bridgehead atoms. The van der Waals surface area contributed by atoms with Crippen LogP contribution in [0.4, 0.5) is 0 Å². The first kappa shape index (κ1) is 16.9. The number of likely N-dealkylation sites (tertiary alicyclic amines) is 1. The lowest BCUT2D eigenvalue weighted by Crippen LogP contribution is -2.46. The lowest BCUT2D eigenvalue weighted by atomic mass is 10.0. The highest BCUT2D eigenvalue weighted by Crippen LogP contribution is 2.16. The van der Waals surface area contributed by atoms with E-state index in [0.29, 0.717) is 22.8 Å². The summed E-state index contributed by atoms with van der Waals surface area (Å²) in [6.45, 7) is 5.55. The number of benzene rings is 1. The Labute approximate surface area is 137 Å². The average molecular weight is 320 g/mol. The Balaban J connectivity index is 1.84. The van der Waals surface area contributed by atoms with Crippen molar-refractivity contribution in [1.29, 1.82) is 0 Å². The van der Waals surface area contributed by atoms with Crippen molar-refractivity contribution in [2.75, 3.05) is 13.1 Å². The van der Waals surface area contributed by atoms with Crippen LogP contribution in [0.3, 0.4) is 0 Å². The third kappa shape index (κ3) is 4.50. The van der Waals surface area contributed by atoms with Crippen LogP contribution in [-0.2, 0) is 4.79 Å². The minimum Gasteiger partial charge on any atom is -0.349 e. The molecule has 0 spiro atoms. The zero-order valence-electron chi connectivity index (χ0n) is 13.2. The molecule has 0 atom stereocenters. The van der Waals surface area contributed by atoms with Gasteiger partial charge >= 0.3 is 0 Å². The van der Waals surface area contributed by atoms with Crippen LogP contribution in [0.25, 0.3) is 0 Å². The number of thiol groups is 1. The van der Waals surface area contributed by atoms with Crippen molar-refractivity contribution >= 4 is 24.4 Å². The van der Waals surface area contributed by atoms with Crippen LogP contribution in [0, 0.1) is 5.92 Å². The fourth-order valence-electron chi connectivity index (χ4n) is 2.68. The molecule has 1 fully saturated rings. The van der Waals surface area contributed by atoms with Gasteiger partial charge in [0.2, 0.25) is 5.91 Å². The highest BCUT2D eigenvalue weighted by atomic mass is 32.1. The van der Waals surface area contributed by atoms with Crippen molar-refractivity contribution < 1.29 is 9.59 Å². The topological polar surface area (TPSA) is 49.4 Å². The lowest BCUT2D eigenvalue weighted by Gasteiger charge is -2.33. The average Bonchev–Trinajstić information content (AvgIpc) is 2.47. The number of rotatable bonds is 4. The van der Waals surface area contributed by atoms with Gasteiger partial charge < -0.3 is 10.2 Å². The van der Waals surface area contributed by atoms with E-state index in [4.69, 9.17) is 0 Å². The summed E-state index contributed by atoms with van der Waals surface area (Å²) in [6.07, 6.45) is 2.22. The number of piperidine rings is 1. The van der Waals surface area contributed by atoms with E-state index in [0.717, 1.165) is 25.9 Å². The smallest absolute Gasteiger partial charge is 0.252 e. The van der Waals surface area contributed by atoms with Crippen LogP contribution in [0.5, 0.6) is 0 Å². The summed E-state index contributed by atoms with van der Waals surface area (Å²) < 4.78 is 0. The molecule has 0 saturated carbocycles. The van der Waals surface area contributed by atoms with Crippen LogP contribution >= 0.6 is 12.6 Å². The minimum atomic E-state index is -0.0856. The van der Waals surface area contributed by atoms with E-state index in [9.17, 15) is 9.59 Å². The molecule has 4 nitrogen and oxygen atoms in total. The SMILES string of the molecule is CC(C)CC(=O)N1CCC(NC(=O)c2ccccc2S)CC1. The Hall–Kier alpha value is -1.49. The van der Waals surface area contributed by atoms with Gasteiger partial charge in [0.25, 0.3) is 5.91 Å². The van der Waals surface area contributed by atoms with Gasteiger partial charge in [0.1, 0.15) is 0 Å². The Morgan fingerprint density at radius 3 is 2.50 bits per heavy atom. The van der Waals surface area contributed by atoms with Gasteiger partial charge in [0, 0.05) is 30.4 Å². The highest BCUT2D eigenvalue weighted by molar-refractivity contribution is 7.80. The predicted molar refractivity (Wildman–Crippen MR) is 90.2 cm³/mol. The Bertz CT molecular complexity index is 537. The van der Waals surface area contributed by atoms with Gasteiger partial charge in [-0.1, -0.05) is 26.0 Å². The van der Waals surface area contributed by atoms with Gasteiger partial charge in [-0.25, -0.2) is 0 Å². The molecule has 0 unspecified atom stereocenters. The second-order valence-electron chi connectivity index (χ2n) is 6.24. The number of hydrogen-bond donors (Lipinski definition) is 2. The van der Waals surface area contributed by atoms with E-state index < -0.39 is 0 Å². The van der Waals surface area contributed by atoms with Gasteiger partial charge in [-0.2, -0.15) is 0 Å². The Morgan fingerprint density at radius 1 is 1.27 bits per heavy atom. The van der Waals surface area contributed by atoms with E-state index in [1.165, 1.54) is 0 Å². The standard InChI is InChI=1S/C17H24N2O2S/c1-12(2)11-16(20)19-9-7-13(8-10-19)18-17(21)14-5-3-4-6-15(14)22/h3-6,12-13,22H,7-11H2,1-2H3,(H,18,21). The normalized spacial score (nSPS) is 15.9. The third-order valence-electron chi connectivity index (χ3n) is 3.91. The number of carbonyl (C=O) groups is 2. The maximum atomic E-state index is 12.3. The molecule has 5 heteroatoms. The first-order chi connectivity index (χ1) is 10.5. The molecular weight excluding hydrogens is 296 g/mol. The number of hydrogen-bond acceptors (Lipinski definition) is 3. The number of nitrogens with one attached hydrogen (secondary N) is 1. The summed E-state index contributed by atoms with van der Waals surface area (Å²) in [5, 5.41) is 3.05. The minimum absolute atomic E-state index is 0.0856. The molecule has 1 saturated heterocycles. The van der Waals surface area contributed by atoms with Gasteiger partial charge in [0.15, 0.2) is 0 Å². The van der Waals surface area contributed by atoms with Crippen molar-refractivity contribution in [3.63, 3.8) is 0 Å². The third-order valence-corrected chi connectivity index (χ3v) is 4.30. The molecule has 120 valence electrons. The molecule has 1 aromatic carbocycles. The molecular formula is C17H24N2O2S. The van der Waals surface area contributed by atoms with Crippen LogP contribution in [0.1, 0.15) is 43.5 Å². The fraction of sp³-hybridized carbons (Fsp3) is 0.529. The summed E-state index contributed by atoms with van der Waals surface area (Å²) >= 11 is 4.31. The van der Waals surface area contributed by atoms with Crippen LogP contribution in [0.2, 0.25) is 0 Å². The number of nitrogens with zero attached hydrogens (tertiary/aromatic N) is 1. The first-order valence-electron chi connectivity index (χ1n) is 7.84. The zero-order valence-corrected chi connectivity index (χ0v) is 14.1. The molecule has 0 radical (unpaired) electrons. The zero-order chi connectivity index (χ0) is 16.1. The largest absolute Gasteiger partial charge is 0.349 e. The quantitative estimate of drug-likeness (QED) is 0.838. The van der Waals surface area contributed by atoms with Crippen molar-refractivity contribution in [1.82, 2.24) is 10.2 Å². The van der Waals surface area contributed by atoms with Crippen molar-refractivity contribution in [2.24, 2.45) is 5.92 Å². The molecule has 1 aromatic rings. The fourth-order valence-corrected chi connectivity index (χ4v) is 2.94. The second kappa shape index (κ2) is 7.68. The molecule has 0 aliphatic carbocycles. The van der Waals surface area contributed by atoms with E-state index in [1.807, 2.05) is 23.1 Å². The molecule has 22 heavy (non-hydrogen) atoms. The Morgan fingerprint density at radius 2 is 1.91 bits per heavy atom. The maximum absolute atomic E-state index is 12.3. The molecule has 0 aromatic heterocycles. The summed E-state index contributed by atoms with van der Waals surface area (Å²) in [4.78, 5) is 26.9. The summed E-state index contributed by atoms with van der Waals surface area (Å²) in [5.74, 6) is 0.523. The van der Waals surface area contributed by atoms with Crippen LogP contribution in [0.15, 0.2) is 29.2 Å². The van der Waals surface area contributed by atoms with Gasteiger partial charge in [-0.3, -0.25) is 9.59 Å². The monoisotopic (exact) mass is 320 g/mol. The molecule has 1 N–H and O–H groups in total. The Kier molecular flexibility index (Phi) is 5.89. The molecule has 2 amide bonds. The summed E-state index contributed by atoms with van der Waals surface area (Å²) in [6, 6.07) is 7.41. The van der Waals surface area contributed by atoms with E-state index in [-0.39, 0.29) is 17.9 Å². The summed E-state index contributed by atoms with van der Waals surface area (Å²) in [7, 11) is 0. The summed E-state index contributed by atoms with van der Waals surface area (Å²) in [5.41, 5.74) is 0.601. The van der Waals surface area contributed by atoms with Crippen molar-refractivity contribution in [3.05, 3.63) is 29.8 Å². The molecule has 1 aliphatic rings.